The fourth-order valence-corrected chi connectivity index (χ4v) is 2.65. The van der Waals surface area contributed by atoms with Crippen LogP contribution in [0.5, 0.6) is 0 Å². The molecule has 3 aromatic rings. The lowest BCUT2D eigenvalue weighted by Gasteiger charge is -2.06. The predicted molar refractivity (Wildman–Crippen MR) is 86.3 cm³/mol. The van der Waals surface area contributed by atoms with Gasteiger partial charge in [0.1, 0.15) is 5.69 Å². The lowest BCUT2D eigenvalue weighted by Crippen LogP contribution is -1.77. The number of hydrogen-bond donors (Lipinski definition) is 0. The Morgan fingerprint density at radius 3 is 2.30 bits per heavy atom. The van der Waals surface area contributed by atoms with Gasteiger partial charge < -0.3 is 0 Å². The average molecular weight is 278 g/mol. The van der Waals surface area contributed by atoms with Gasteiger partial charge in [0, 0.05) is 10.3 Å². The fraction of sp³-hybridized carbons (Fsp3) is 0.0588. The van der Waals surface area contributed by atoms with E-state index in [0.717, 1.165) is 21.7 Å². The molecule has 0 aliphatic rings. The minimum atomic E-state index is 0.868. The molecule has 0 aromatic heterocycles. The molecule has 0 aliphatic heterocycles. The minimum absolute atomic E-state index is 0.868. The molecule has 0 N–H and O–H groups in total. The number of hydrogen-bond acceptors (Lipinski definition) is 3. The first-order chi connectivity index (χ1) is 9.88. The SMILES string of the molecule is CSc1ccc2ccccc2c1N=Nc1ccccc1. The summed E-state index contributed by atoms with van der Waals surface area (Å²) < 4.78 is 0. The second-order valence-electron chi connectivity index (χ2n) is 4.37. The Hall–Kier alpha value is -2.13. The van der Waals surface area contributed by atoms with Crippen molar-refractivity contribution < 1.29 is 0 Å². The van der Waals surface area contributed by atoms with E-state index in [1.54, 1.807) is 11.8 Å². The van der Waals surface area contributed by atoms with Crippen LogP contribution in [0.15, 0.2) is 81.9 Å². The van der Waals surface area contributed by atoms with E-state index in [4.69, 9.17) is 0 Å². The quantitative estimate of drug-likeness (QED) is 0.427. The van der Waals surface area contributed by atoms with E-state index in [1.807, 2.05) is 42.5 Å². The van der Waals surface area contributed by atoms with Gasteiger partial charge in [-0.3, -0.25) is 0 Å². The highest BCUT2D eigenvalue weighted by atomic mass is 32.2. The van der Waals surface area contributed by atoms with Crippen molar-refractivity contribution in [1.29, 1.82) is 0 Å². The molecule has 0 fully saturated rings. The van der Waals surface area contributed by atoms with E-state index in [-0.39, 0.29) is 0 Å². The van der Waals surface area contributed by atoms with Crippen LogP contribution in [0, 0.1) is 0 Å². The molecule has 0 radical (unpaired) electrons. The number of fused-ring (bicyclic) bond motifs is 1. The van der Waals surface area contributed by atoms with Crippen molar-refractivity contribution in [3.8, 4) is 0 Å². The Balaban J connectivity index is 2.12. The highest BCUT2D eigenvalue weighted by molar-refractivity contribution is 7.98. The monoisotopic (exact) mass is 278 g/mol. The van der Waals surface area contributed by atoms with Crippen LogP contribution in [0.25, 0.3) is 10.8 Å². The van der Waals surface area contributed by atoms with E-state index in [2.05, 4.69) is 40.7 Å². The number of nitrogens with zero attached hydrogens (tertiary/aromatic N) is 2. The minimum Gasteiger partial charge on any atom is -0.151 e. The highest BCUT2D eigenvalue weighted by Gasteiger charge is 2.06. The average Bonchev–Trinajstić information content (AvgIpc) is 2.53. The first-order valence-electron chi connectivity index (χ1n) is 6.41. The molecule has 0 heterocycles. The van der Waals surface area contributed by atoms with Gasteiger partial charge in [0.2, 0.25) is 0 Å². The third-order valence-electron chi connectivity index (χ3n) is 3.11. The van der Waals surface area contributed by atoms with Crippen LogP contribution in [0.2, 0.25) is 0 Å². The smallest absolute Gasteiger partial charge is 0.107 e. The van der Waals surface area contributed by atoms with Crippen LogP contribution in [0.3, 0.4) is 0 Å². The summed E-state index contributed by atoms with van der Waals surface area (Å²) in [5.41, 5.74) is 1.81. The van der Waals surface area contributed by atoms with Crippen LogP contribution < -0.4 is 0 Å². The molecular weight excluding hydrogens is 264 g/mol. The highest BCUT2D eigenvalue weighted by Crippen LogP contribution is 2.36. The molecule has 20 heavy (non-hydrogen) atoms. The summed E-state index contributed by atoms with van der Waals surface area (Å²) in [6, 6.07) is 22.3. The number of benzene rings is 3. The van der Waals surface area contributed by atoms with Crippen LogP contribution in [-0.2, 0) is 0 Å². The normalized spacial score (nSPS) is 11.2. The van der Waals surface area contributed by atoms with Crippen molar-refractivity contribution in [3.63, 3.8) is 0 Å². The zero-order valence-electron chi connectivity index (χ0n) is 11.2. The molecule has 0 atom stereocenters. The summed E-state index contributed by atoms with van der Waals surface area (Å²) >= 11 is 1.69. The summed E-state index contributed by atoms with van der Waals surface area (Å²) in [4.78, 5) is 1.14. The first-order valence-corrected chi connectivity index (χ1v) is 7.63. The Morgan fingerprint density at radius 2 is 1.50 bits per heavy atom. The molecule has 3 aromatic carbocycles. The van der Waals surface area contributed by atoms with Crippen molar-refractivity contribution in [1.82, 2.24) is 0 Å². The topological polar surface area (TPSA) is 24.7 Å². The van der Waals surface area contributed by atoms with Gasteiger partial charge in [-0.15, -0.1) is 16.9 Å². The van der Waals surface area contributed by atoms with Crippen LogP contribution in [0.4, 0.5) is 11.4 Å². The van der Waals surface area contributed by atoms with Gasteiger partial charge in [-0.1, -0.05) is 48.5 Å². The second-order valence-corrected chi connectivity index (χ2v) is 5.22. The third kappa shape index (κ3) is 2.58. The van der Waals surface area contributed by atoms with Gasteiger partial charge in [-0.2, -0.15) is 5.11 Å². The van der Waals surface area contributed by atoms with Crippen molar-refractivity contribution in [3.05, 3.63) is 66.7 Å². The Kier molecular flexibility index (Phi) is 3.79. The zero-order valence-corrected chi connectivity index (χ0v) is 12.0. The molecular formula is C17H14N2S. The summed E-state index contributed by atoms with van der Waals surface area (Å²) in [7, 11) is 0. The van der Waals surface area contributed by atoms with Crippen molar-refractivity contribution >= 4 is 33.9 Å². The van der Waals surface area contributed by atoms with Crippen molar-refractivity contribution in [2.24, 2.45) is 10.2 Å². The van der Waals surface area contributed by atoms with Gasteiger partial charge in [0.15, 0.2) is 0 Å². The van der Waals surface area contributed by atoms with Crippen molar-refractivity contribution in [2.75, 3.05) is 6.26 Å². The first kappa shape index (κ1) is 12.9. The maximum absolute atomic E-state index is 4.48. The van der Waals surface area contributed by atoms with Gasteiger partial charge in [0.05, 0.1) is 5.69 Å². The molecule has 0 unspecified atom stereocenters. The maximum Gasteiger partial charge on any atom is 0.107 e. The van der Waals surface area contributed by atoms with Crippen LogP contribution in [-0.4, -0.2) is 6.26 Å². The molecule has 2 nitrogen and oxygen atoms in total. The summed E-state index contributed by atoms with van der Waals surface area (Å²) in [5, 5.41) is 11.2. The molecule has 98 valence electrons. The molecule has 0 spiro atoms. The summed E-state index contributed by atoms with van der Waals surface area (Å²) in [6.45, 7) is 0. The Labute approximate surface area is 122 Å². The lowest BCUT2D eigenvalue weighted by molar-refractivity contribution is 1.21. The van der Waals surface area contributed by atoms with E-state index < -0.39 is 0 Å². The number of rotatable bonds is 3. The largest absolute Gasteiger partial charge is 0.151 e. The van der Waals surface area contributed by atoms with Crippen LogP contribution >= 0.6 is 11.8 Å². The molecule has 0 bridgehead atoms. The molecule has 0 saturated heterocycles. The van der Waals surface area contributed by atoms with E-state index in [1.165, 1.54) is 5.39 Å². The van der Waals surface area contributed by atoms with E-state index in [9.17, 15) is 0 Å². The Morgan fingerprint density at radius 1 is 0.750 bits per heavy atom. The van der Waals surface area contributed by atoms with Gasteiger partial charge in [0.25, 0.3) is 0 Å². The molecule has 3 heteroatoms. The molecule has 0 aliphatic carbocycles. The van der Waals surface area contributed by atoms with E-state index in [0.29, 0.717) is 0 Å². The summed E-state index contributed by atoms with van der Waals surface area (Å²) in [5.74, 6) is 0. The number of azo groups is 1. The molecule has 0 amide bonds. The van der Waals surface area contributed by atoms with Gasteiger partial charge >= 0.3 is 0 Å². The zero-order chi connectivity index (χ0) is 13.8. The van der Waals surface area contributed by atoms with Gasteiger partial charge in [-0.25, -0.2) is 0 Å². The molecule has 3 rings (SSSR count). The van der Waals surface area contributed by atoms with E-state index >= 15 is 0 Å². The molecule has 0 saturated carbocycles. The van der Waals surface area contributed by atoms with Crippen molar-refractivity contribution in [2.45, 2.75) is 4.90 Å². The summed E-state index contributed by atoms with van der Waals surface area (Å²) in [6.07, 6.45) is 2.06. The predicted octanol–water partition coefficient (Wildman–Crippen LogP) is 5.98. The lowest BCUT2D eigenvalue weighted by atomic mass is 10.1. The second kappa shape index (κ2) is 5.88. The maximum atomic E-state index is 4.48. The van der Waals surface area contributed by atoms with Gasteiger partial charge in [-0.05, 0) is 29.8 Å². The third-order valence-corrected chi connectivity index (χ3v) is 3.87. The standard InChI is InChI=1S/C17H14N2S/c1-20-16-12-11-13-7-5-6-10-15(13)17(16)19-18-14-8-3-2-4-9-14/h2-12H,1H3. The Bertz CT molecular complexity index is 751. The fourth-order valence-electron chi connectivity index (χ4n) is 2.11. The van der Waals surface area contributed by atoms with Crippen LogP contribution in [0.1, 0.15) is 0 Å². The number of thioether (sulfide) groups is 1.